The van der Waals surface area contributed by atoms with Gasteiger partial charge in [-0.3, -0.25) is 9.11 Å². The van der Waals surface area contributed by atoms with E-state index in [1.165, 1.54) is 26.3 Å². The molecule has 0 spiro atoms. The molecule has 0 saturated carbocycles. The monoisotopic (exact) mass is 679 g/mol. The van der Waals surface area contributed by atoms with Gasteiger partial charge in [-0.1, -0.05) is 55.5 Å². The van der Waals surface area contributed by atoms with Crippen LogP contribution in [0.2, 0.25) is 0 Å². The SMILES string of the molecule is CN.COC(=O)c1ccc(CC2(C)c3c(ccc4c(S(=O)(=O)O)cc(S(=O)(=O)O)cc34)N(C)C2/C=C/C=C/Nc2ccccc2)cc1. The first kappa shape index (κ1) is 35.3. The number of hydrogen-bond donors (Lipinski definition) is 4. The van der Waals surface area contributed by atoms with Crippen LogP contribution in [0.15, 0.2) is 113 Å². The molecule has 4 aromatic rings. The molecule has 0 bridgehead atoms. The number of nitrogens with one attached hydrogen (secondary N) is 1. The average Bonchev–Trinajstić information content (AvgIpc) is 3.26. The van der Waals surface area contributed by atoms with Crippen molar-refractivity contribution < 1.29 is 35.5 Å². The Morgan fingerprint density at radius 3 is 2.19 bits per heavy atom. The number of likely N-dealkylation sites (N-methyl/N-ethyl adjacent to an activating group) is 1. The summed E-state index contributed by atoms with van der Waals surface area (Å²) in [7, 11) is -5.03. The van der Waals surface area contributed by atoms with Crippen LogP contribution in [0.5, 0.6) is 0 Å². The number of fused-ring (bicyclic) bond motifs is 3. The van der Waals surface area contributed by atoms with Crippen LogP contribution < -0.4 is 16.0 Å². The lowest BCUT2D eigenvalue weighted by Crippen LogP contribution is -2.41. The van der Waals surface area contributed by atoms with Crippen LogP contribution in [-0.2, 0) is 36.8 Å². The molecule has 0 fully saturated rings. The van der Waals surface area contributed by atoms with Gasteiger partial charge in [0.1, 0.15) is 4.90 Å². The largest absolute Gasteiger partial charge is 0.465 e. The summed E-state index contributed by atoms with van der Waals surface area (Å²) in [5.41, 5.74) is 7.19. The smallest absolute Gasteiger partial charge is 0.337 e. The number of anilines is 2. The van der Waals surface area contributed by atoms with Gasteiger partial charge in [-0.05, 0) is 78.5 Å². The van der Waals surface area contributed by atoms with Crippen molar-refractivity contribution in [1.29, 1.82) is 0 Å². The van der Waals surface area contributed by atoms with Gasteiger partial charge in [0, 0.05) is 35.4 Å². The molecular weight excluding hydrogens is 643 g/mol. The minimum absolute atomic E-state index is 0.112. The lowest BCUT2D eigenvalue weighted by Gasteiger charge is -2.34. The van der Waals surface area contributed by atoms with Gasteiger partial charge >= 0.3 is 5.97 Å². The molecule has 0 radical (unpaired) electrons. The summed E-state index contributed by atoms with van der Waals surface area (Å²) in [5.74, 6) is -0.475. The van der Waals surface area contributed by atoms with Gasteiger partial charge in [-0.25, -0.2) is 4.79 Å². The van der Waals surface area contributed by atoms with E-state index >= 15 is 0 Å². The number of nitrogens with two attached hydrogens (primary N) is 1. The van der Waals surface area contributed by atoms with E-state index < -0.39 is 41.4 Å². The molecule has 0 amide bonds. The molecule has 248 valence electrons. The molecule has 4 aromatic carbocycles. The maximum atomic E-state index is 12.4. The van der Waals surface area contributed by atoms with E-state index in [4.69, 9.17) is 4.74 Å². The number of rotatable bonds is 9. The Morgan fingerprint density at radius 1 is 0.936 bits per heavy atom. The molecule has 1 aliphatic rings. The number of benzene rings is 4. The minimum atomic E-state index is -4.87. The molecule has 0 saturated heterocycles. The Kier molecular flexibility index (Phi) is 10.6. The standard InChI is InChI=1S/C33H32N2O8S2.CH5N/c1-33(21-22-12-14-23(15-13-22)32(36)43-3)30(11-7-8-18-34-24-9-5-4-6-10-24)35(2)28-17-16-26-27(31(28)33)19-25(44(37,38)39)20-29(26)45(40,41)42;1-2/h4-20,30,34H,21H2,1-3H3,(H,37,38,39)(H,40,41,42);2H2,1H3/b11-7+,18-8+;. The van der Waals surface area contributed by atoms with Crippen molar-refractivity contribution in [3.05, 3.63) is 120 Å². The number of ether oxygens (including phenoxy) is 1. The Morgan fingerprint density at radius 2 is 1.60 bits per heavy atom. The first-order chi connectivity index (χ1) is 22.2. The Hall–Kier alpha value is -4.53. The van der Waals surface area contributed by atoms with Crippen LogP contribution in [-0.4, -0.2) is 59.2 Å². The van der Waals surface area contributed by atoms with E-state index in [0.717, 1.165) is 17.3 Å². The highest BCUT2D eigenvalue weighted by Crippen LogP contribution is 2.51. The fourth-order valence-corrected chi connectivity index (χ4v) is 7.42. The topological polar surface area (TPSA) is 176 Å². The van der Waals surface area contributed by atoms with Crippen LogP contribution >= 0.6 is 0 Å². The van der Waals surface area contributed by atoms with Gasteiger partial charge in [0.2, 0.25) is 0 Å². The van der Waals surface area contributed by atoms with Gasteiger partial charge in [-0.15, -0.1) is 0 Å². The lowest BCUT2D eigenvalue weighted by molar-refractivity contribution is 0.0600. The summed E-state index contributed by atoms with van der Waals surface area (Å²) in [6.45, 7) is 1.98. The molecule has 1 heterocycles. The van der Waals surface area contributed by atoms with Crippen LogP contribution in [0.3, 0.4) is 0 Å². The van der Waals surface area contributed by atoms with Crippen molar-refractivity contribution in [1.82, 2.24) is 0 Å². The Bertz CT molecular complexity index is 2050. The fourth-order valence-electron chi connectivity index (χ4n) is 6.08. The lowest BCUT2D eigenvalue weighted by atomic mass is 9.72. The molecule has 1 aliphatic heterocycles. The summed E-state index contributed by atoms with van der Waals surface area (Å²) >= 11 is 0. The van der Waals surface area contributed by atoms with Gasteiger partial charge in [0.05, 0.1) is 23.6 Å². The molecule has 5 N–H and O–H groups in total. The second-order valence-electron chi connectivity index (χ2n) is 11.0. The second-order valence-corrected chi connectivity index (χ2v) is 13.8. The molecule has 47 heavy (non-hydrogen) atoms. The van der Waals surface area contributed by atoms with E-state index in [9.17, 15) is 30.7 Å². The molecule has 5 rings (SSSR count). The minimum Gasteiger partial charge on any atom is -0.465 e. The summed E-state index contributed by atoms with van der Waals surface area (Å²) < 4.78 is 74.2. The molecule has 2 unspecified atom stereocenters. The van der Waals surface area contributed by atoms with Crippen molar-refractivity contribution >= 4 is 48.4 Å². The van der Waals surface area contributed by atoms with Crippen molar-refractivity contribution in [2.45, 2.75) is 34.6 Å². The number of esters is 1. The third-order valence-electron chi connectivity index (χ3n) is 8.12. The first-order valence-corrected chi connectivity index (χ1v) is 17.3. The predicted molar refractivity (Wildman–Crippen MR) is 183 cm³/mol. The highest BCUT2D eigenvalue weighted by molar-refractivity contribution is 7.86. The van der Waals surface area contributed by atoms with Crippen LogP contribution in [0.25, 0.3) is 10.8 Å². The Balaban J connectivity index is 0.00000245. The van der Waals surface area contributed by atoms with Crippen molar-refractivity contribution in [2.75, 3.05) is 31.4 Å². The van der Waals surface area contributed by atoms with Gasteiger partial charge in [-0.2, -0.15) is 16.8 Å². The van der Waals surface area contributed by atoms with Gasteiger partial charge in [0.15, 0.2) is 0 Å². The summed E-state index contributed by atoms with van der Waals surface area (Å²) in [5, 5.41) is 3.57. The number of allylic oxidation sites excluding steroid dienone is 2. The van der Waals surface area contributed by atoms with E-state index in [1.807, 2.05) is 67.4 Å². The van der Waals surface area contributed by atoms with Crippen LogP contribution in [0, 0.1) is 0 Å². The Labute approximate surface area is 274 Å². The molecule has 0 aromatic heterocycles. The molecule has 2 atom stereocenters. The number of nitrogens with zero attached hydrogens (tertiary/aromatic N) is 1. The zero-order valence-corrected chi connectivity index (χ0v) is 27.9. The zero-order chi connectivity index (χ0) is 34.6. The molecular formula is C34H37N3O8S2. The predicted octanol–water partition coefficient (Wildman–Crippen LogP) is 5.20. The molecule has 11 nitrogen and oxygen atoms in total. The molecule has 0 aliphatic carbocycles. The van der Waals surface area contributed by atoms with Crippen molar-refractivity contribution in [3.63, 3.8) is 0 Å². The van der Waals surface area contributed by atoms with Crippen LogP contribution in [0.4, 0.5) is 11.4 Å². The quantitative estimate of drug-likeness (QED) is 0.104. The zero-order valence-electron chi connectivity index (χ0n) is 26.3. The average molecular weight is 680 g/mol. The van der Waals surface area contributed by atoms with Crippen LogP contribution in [0.1, 0.15) is 28.4 Å². The highest BCUT2D eigenvalue weighted by atomic mass is 32.2. The van der Waals surface area contributed by atoms with Crippen molar-refractivity contribution in [3.8, 4) is 0 Å². The number of carbonyl (C=O) groups excluding carboxylic acids is 1. The fraction of sp³-hybridized carbons (Fsp3) is 0.206. The van der Waals surface area contributed by atoms with Gasteiger partial charge in [0.25, 0.3) is 20.2 Å². The second kappa shape index (κ2) is 14.1. The molecule has 13 heteroatoms. The number of para-hydroxylation sites is 1. The maximum Gasteiger partial charge on any atom is 0.337 e. The summed E-state index contributed by atoms with van der Waals surface area (Å²) in [6.07, 6.45) is 7.91. The van der Waals surface area contributed by atoms with Gasteiger partial charge < -0.3 is 20.7 Å². The highest BCUT2D eigenvalue weighted by Gasteiger charge is 2.46. The van der Waals surface area contributed by atoms with E-state index in [-0.39, 0.29) is 16.8 Å². The number of carbonyl (C=O) groups is 1. The summed E-state index contributed by atoms with van der Waals surface area (Å²) in [4.78, 5) is 12.8. The van der Waals surface area contributed by atoms with Crippen molar-refractivity contribution in [2.24, 2.45) is 5.73 Å². The first-order valence-electron chi connectivity index (χ1n) is 14.4. The third-order valence-corrected chi connectivity index (χ3v) is 9.84. The maximum absolute atomic E-state index is 12.4. The van der Waals surface area contributed by atoms with E-state index in [1.54, 1.807) is 36.5 Å². The number of hydrogen-bond acceptors (Lipinski definition) is 9. The third kappa shape index (κ3) is 7.39. The van der Waals surface area contributed by atoms with E-state index in [0.29, 0.717) is 23.2 Å². The van der Waals surface area contributed by atoms with E-state index in [2.05, 4.69) is 11.1 Å². The number of methoxy groups -OCH3 is 1. The summed E-state index contributed by atoms with van der Waals surface area (Å²) in [6, 6.07) is 21.5. The normalized spacial score (nSPS) is 17.9.